The van der Waals surface area contributed by atoms with Gasteiger partial charge in [-0.05, 0) is 36.2 Å². The molecule has 0 bridgehead atoms. The van der Waals surface area contributed by atoms with Gasteiger partial charge in [-0.2, -0.15) is 0 Å². The van der Waals surface area contributed by atoms with Crippen LogP contribution >= 0.6 is 15.9 Å². The Labute approximate surface area is 249 Å². The number of methoxy groups -OCH3 is 1. The number of aliphatic hydroxyl groups excluding tert-OH is 1. The lowest BCUT2D eigenvalue weighted by Crippen LogP contribution is -2.30. The molecule has 2 aromatic carbocycles. The number of aliphatic hydroxyl groups is 1. The fourth-order valence-electron chi connectivity index (χ4n) is 5.48. The van der Waals surface area contributed by atoms with Crippen LogP contribution in [0.5, 0.6) is 5.75 Å². The molecule has 0 spiro atoms. The molecule has 1 aliphatic heterocycles. The second-order valence-electron chi connectivity index (χ2n) is 10.9. The highest BCUT2D eigenvalue weighted by atomic mass is 79.9. The number of nitrogens with zero attached hydrogens (tertiary/aromatic N) is 1. The third-order valence-corrected chi connectivity index (χ3v) is 8.37. The highest BCUT2D eigenvalue weighted by molar-refractivity contribution is 9.10. The van der Waals surface area contributed by atoms with Crippen LogP contribution in [-0.4, -0.2) is 35.4 Å². The largest absolute Gasteiger partial charge is 0.507 e. The molecular formula is C34H46BrNO4. The number of ketones is 1. The monoisotopic (exact) mass is 611 g/mol. The molecule has 1 atom stereocenters. The van der Waals surface area contributed by atoms with Crippen molar-refractivity contribution in [1.82, 2.24) is 4.90 Å². The second-order valence-corrected chi connectivity index (χ2v) is 11.8. The molecular weight excluding hydrogens is 566 g/mol. The Bertz CT molecular complexity index is 1090. The number of amides is 1. The third-order valence-electron chi connectivity index (χ3n) is 7.84. The van der Waals surface area contributed by atoms with Gasteiger partial charge in [-0.15, -0.1) is 0 Å². The molecule has 2 aromatic rings. The summed E-state index contributed by atoms with van der Waals surface area (Å²) in [5.74, 6) is -0.628. The number of likely N-dealkylation sites (tertiary alicyclic amines) is 1. The first-order valence-electron chi connectivity index (χ1n) is 15.2. The number of unbranched alkanes of at least 4 members (excludes halogenated alkanes) is 13. The topological polar surface area (TPSA) is 66.8 Å². The number of rotatable bonds is 18. The Balaban J connectivity index is 1.55. The van der Waals surface area contributed by atoms with Crippen LogP contribution in [-0.2, 0) is 9.59 Å². The van der Waals surface area contributed by atoms with Crippen molar-refractivity contribution >= 4 is 33.4 Å². The molecule has 0 aliphatic carbocycles. The summed E-state index contributed by atoms with van der Waals surface area (Å²) in [5.41, 5.74) is 1.43. The number of ether oxygens (including phenoxy) is 1. The zero-order valence-corrected chi connectivity index (χ0v) is 25.9. The van der Waals surface area contributed by atoms with Crippen molar-refractivity contribution in [3.8, 4) is 5.75 Å². The van der Waals surface area contributed by atoms with Crippen molar-refractivity contribution in [2.24, 2.45) is 0 Å². The minimum atomic E-state index is -0.633. The number of Topliss-reactive ketones (excluding diaryl/α,β-unsaturated/α-hetero) is 1. The zero-order valence-electron chi connectivity index (χ0n) is 24.3. The first-order chi connectivity index (χ1) is 19.5. The maximum atomic E-state index is 13.2. The Kier molecular flexibility index (Phi) is 13.8. The predicted molar refractivity (Wildman–Crippen MR) is 166 cm³/mol. The maximum absolute atomic E-state index is 13.2. The summed E-state index contributed by atoms with van der Waals surface area (Å²) in [4.78, 5) is 28.0. The lowest BCUT2D eigenvalue weighted by molar-refractivity contribution is -0.139. The van der Waals surface area contributed by atoms with Gasteiger partial charge in [0.2, 0.25) is 0 Å². The highest BCUT2D eigenvalue weighted by Crippen LogP contribution is 2.40. The molecule has 0 saturated carbocycles. The van der Waals surface area contributed by atoms with E-state index in [9.17, 15) is 14.7 Å². The first kappa shape index (κ1) is 31.9. The molecule has 5 nitrogen and oxygen atoms in total. The summed E-state index contributed by atoms with van der Waals surface area (Å²) in [6.45, 7) is 2.74. The van der Waals surface area contributed by atoms with Gasteiger partial charge in [0.1, 0.15) is 11.5 Å². The minimum absolute atomic E-state index is 0.142. The minimum Gasteiger partial charge on any atom is -0.507 e. The fourth-order valence-corrected chi connectivity index (χ4v) is 5.75. The lowest BCUT2D eigenvalue weighted by Gasteiger charge is -2.25. The average molecular weight is 613 g/mol. The smallest absolute Gasteiger partial charge is 0.295 e. The average Bonchev–Trinajstić information content (AvgIpc) is 3.22. The van der Waals surface area contributed by atoms with E-state index < -0.39 is 17.7 Å². The molecule has 0 aromatic heterocycles. The van der Waals surface area contributed by atoms with Crippen molar-refractivity contribution in [3.05, 3.63) is 69.7 Å². The maximum Gasteiger partial charge on any atom is 0.295 e. The van der Waals surface area contributed by atoms with Gasteiger partial charge in [-0.3, -0.25) is 9.59 Å². The number of hydrogen-bond donors (Lipinski definition) is 1. The van der Waals surface area contributed by atoms with Crippen LogP contribution in [0, 0.1) is 0 Å². The third kappa shape index (κ3) is 9.22. The standard InChI is InChI=1S/C34H46BrNO4/c1-3-4-5-6-7-8-9-10-11-12-13-14-15-16-25-36-31(26-19-23-29(40-2)24-20-26)30(33(38)34(36)39)32(37)27-17-21-28(35)22-18-27/h17-24,31,37H,3-16,25H2,1-2H3/b32-30+/t31-/m0/s1. The number of benzene rings is 2. The SMILES string of the molecule is CCCCCCCCCCCCCCCCN1C(=O)C(=O)/C(=C(/O)c2ccc(Br)cc2)[C@@H]1c1ccc(OC)cc1. The number of carbonyl (C=O) groups is 2. The van der Waals surface area contributed by atoms with Crippen LogP contribution in [0.15, 0.2) is 58.6 Å². The first-order valence-corrected chi connectivity index (χ1v) is 16.0. The number of carbonyl (C=O) groups excluding carboxylic acids is 2. The predicted octanol–water partition coefficient (Wildman–Crippen LogP) is 9.36. The summed E-state index contributed by atoms with van der Waals surface area (Å²) >= 11 is 3.41. The summed E-state index contributed by atoms with van der Waals surface area (Å²) < 4.78 is 6.17. The van der Waals surface area contributed by atoms with E-state index in [0.29, 0.717) is 17.9 Å². The van der Waals surface area contributed by atoms with Gasteiger partial charge in [0.05, 0.1) is 18.7 Å². The van der Waals surface area contributed by atoms with Crippen molar-refractivity contribution in [2.75, 3.05) is 13.7 Å². The van der Waals surface area contributed by atoms with E-state index in [1.54, 1.807) is 24.1 Å². The normalized spacial score (nSPS) is 16.6. The highest BCUT2D eigenvalue weighted by Gasteiger charge is 2.45. The van der Waals surface area contributed by atoms with E-state index in [1.807, 2.05) is 36.4 Å². The summed E-state index contributed by atoms with van der Waals surface area (Å²) in [6, 6.07) is 13.8. The Morgan fingerprint density at radius 3 is 1.77 bits per heavy atom. The van der Waals surface area contributed by atoms with Gasteiger partial charge in [0.15, 0.2) is 0 Å². The molecule has 3 rings (SSSR count). The van der Waals surface area contributed by atoms with Gasteiger partial charge in [-0.25, -0.2) is 0 Å². The van der Waals surface area contributed by atoms with E-state index in [-0.39, 0.29) is 11.3 Å². The van der Waals surface area contributed by atoms with E-state index in [0.717, 1.165) is 29.3 Å². The quantitative estimate of drug-likeness (QED) is 0.0789. The molecule has 1 fully saturated rings. The zero-order chi connectivity index (χ0) is 28.7. The van der Waals surface area contributed by atoms with Gasteiger partial charge in [0.25, 0.3) is 11.7 Å². The van der Waals surface area contributed by atoms with Crippen LogP contribution in [0.4, 0.5) is 0 Å². The Hall–Kier alpha value is -2.60. The van der Waals surface area contributed by atoms with Crippen LogP contribution in [0.3, 0.4) is 0 Å². The van der Waals surface area contributed by atoms with E-state index in [1.165, 1.54) is 70.6 Å². The summed E-state index contributed by atoms with van der Waals surface area (Å²) in [5, 5.41) is 11.2. The summed E-state index contributed by atoms with van der Waals surface area (Å²) in [6.07, 6.45) is 17.6. The fraction of sp³-hybridized carbons (Fsp3) is 0.529. The Morgan fingerprint density at radius 2 is 1.27 bits per heavy atom. The van der Waals surface area contributed by atoms with Crippen molar-refractivity contribution in [1.29, 1.82) is 0 Å². The van der Waals surface area contributed by atoms with Gasteiger partial charge in [0, 0.05) is 16.6 Å². The van der Waals surface area contributed by atoms with E-state index in [2.05, 4.69) is 22.9 Å². The molecule has 0 unspecified atom stereocenters. The second kappa shape index (κ2) is 17.3. The molecule has 6 heteroatoms. The van der Waals surface area contributed by atoms with Gasteiger partial charge >= 0.3 is 0 Å². The molecule has 1 N–H and O–H groups in total. The molecule has 40 heavy (non-hydrogen) atoms. The van der Waals surface area contributed by atoms with Crippen LogP contribution in [0.1, 0.15) is 114 Å². The van der Waals surface area contributed by atoms with Crippen molar-refractivity contribution in [2.45, 2.75) is 103 Å². The van der Waals surface area contributed by atoms with Crippen LogP contribution in [0.25, 0.3) is 5.76 Å². The number of hydrogen-bond acceptors (Lipinski definition) is 4. The lowest BCUT2D eigenvalue weighted by atomic mass is 9.95. The van der Waals surface area contributed by atoms with Crippen molar-refractivity contribution in [3.63, 3.8) is 0 Å². The van der Waals surface area contributed by atoms with Crippen LogP contribution < -0.4 is 4.74 Å². The summed E-state index contributed by atoms with van der Waals surface area (Å²) in [7, 11) is 1.60. The molecule has 1 aliphatic rings. The van der Waals surface area contributed by atoms with Crippen molar-refractivity contribution < 1.29 is 19.4 Å². The molecule has 1 heterocycles. The molecule has 1 saturated heterocycles. The Morgan fingerprint density at radius 1 is 0.775 bits per heavy atom. The van der Waals surface area contributed by atoms with E-state index >= 15 is 0 Å². The molecule has 218 valence electrons. The molecule has 0 radical (unpaired) electrons. The molecule has 1 amide bonds. The number of halogens is 1. The van der Waals surface area contributed by atoms with Crippen LogP contribution in [0.2, 0.25) is 0 Å². The van der Waals surface area contributed by atoms with Gasteiger partial charge < -0.3 is 14.7 Å². The van der Waals surface area contributed by atoms with Gasteiger partial charge in [-0.1, -0.05) is 131 Å². The van der Waals surface area contributed by atoms with E-state index in [4.69, 9.17) is 4.74 Å².